The predicted octanol–water partition coefficient (Wildman–Crippen LogP) is 1.46. The van der Waals surface area contributed by atoms with E-state index in [0.717, 1.165) is 67.1 Å². The maximum atomic E-state index is 9.70. The topological polar surface area (TPSA) is 80.2 Å². The van der Waals surface area contributed by atoms with Gasteiger partial charge in [0.05, 0.1) is 17.2 Å². The van der Waals surface area contributed by atoms with Crippen molar-refractivity contribution in [3.05, 3.63) is 12.0 Å². The number of piperidine rings is 1. The number of aliphatic hydroxyl groups excluding tert-OH is 1. The number of fused-ring (bicyclic) bond motifs is 1. The van der Waals surface area contributed by atoms with E-state index < -0.39 is 0 Å². The Morgan fingerprint density at radius 3 is 2.71 bits per heavy atom. The van der Waals surface area contributed by atoms with Gasteiger partial charge in [0.25, 0.3) is 0 Å². The van der Waals surface area contributed by atoms with Gasteiger partial charge in [0, 0.05) is 32.8 Å². The maximum Gasteiger partial charge on any atom is 0.147 e. The van der Waals surface area contributed by atoms with Gasteiger partial charge in [-0.2, -0.15) is 0 Å². The van der Waals surface area contributed by atoms with E-state index in [0.29, 0.717) is 0 Å². The Balaban J connectivity index is 2.10. The molecule has 3 heterocycles. The summed E-state index contributed by atoms with van der Waals surface area (Å²) in [6.07, 6.45) is 5.15. The number of nitrogens with two attached hydrogens (primary N) is 1. The first kappa shape index (κ1) is 14.1. The van der Waals surface area contributed by atoms with E-state index in [1.165, 1.54) is 0 Å². The Morgan fingerprint density at radius 2 is 2.05 bits per heavy atom. The molecule has 0 saturated carbocycles. The van der Waals surface area contributed by atoms with Gasteiger partial charge < -0.3 is 20.3 Å². The second kappa shape index (κ2) is 5.52. The van der Waals surface area contributed by atoms with Crippen LogP contribution in [0.4, 0.5) is 11.5 Å². The SMILES string of the molecule is CCCc1nc(N2CCC(O)CC2)c2c(N)cn(C)c2n1. The normalized spacial score (nSPS) is 16.8. The van der Waals surface area contributed by atoms with E-state index >= 15 is 0 Å². The Bertz CT molecular complexity index is 643. The lowest BCUT2D eigenvalue weighted by molar-refractivity contribution is 0.145. The second-order valence-electron chi connectivity index (χ2n) is 5.83. The summed E-state index contributed by atoms with van der Waals surface area (Å²) in [5, 5.41) is 10.6. The first-order chi connectivity index (χ1) is 10.1. The molecule has 2 aromatic heterocycles. The molecule has 0 bridgehead atoms. The number of hydrogen-bond acceptors (Lipinski definition) is 5. The lowest BCUT2D eigenvalue weighted by Crippen LogP contribution is -2.36. The molecule has 1 aliphatic rings. The largest absolute Gasteiger partial charge is 0.397 e. The average molecular weight is 289 g/mol. The number of nitrogen functional groups attached to an aromatic ring is 1. The van der Waals surface area contributed by atoms with Gasteiger partial charge in [0.2, 0.25) is 0 Å². The van der Waals surface area contributed by atoms with Crippen LogP contribution >= 0.6 is 0 Å². The van der Waals surface area contributed by atoms with Crippen LogP contribution in [0, 0.1) is 0 Å². The molecule has 21 heavy (non-hydrogen) atoms. The summed E-state index contributed by atoms with van der Waals surface area (Å²) >= 11 is 0. The zero-order valence-corrected chi connectivity index (χ0v) is 12.7. The molecule has 0 unspecified atom stereocenters. The van der Waals surface area contributed by atoms with Crippen LogP contribution in [0.25, 0.3) is 11.0 Å². The predicted molar refractivity (Wildman–Crippen MR) is 84.4 cm³/mol. The fourth-order valence-corrected chi connectivity index (χ4v) is 2.97. The van der Waals surface area contributed by atoms with Crippen LogP contribution in [0.15, 0.2) is 6.20 Å². The van der Waals surface area contributed by atoms with Gasteiger partial charge in [-0.3, -0.25) is 0 Å². The lowest BCUT2D eigenvalue weighted by atomic mass is 10.1. The molecule has 0 atom stereocenters. The molecular weight excluding hydrogens is 266 g/mol. The quantitative estimate of drug-likeness (QED) is 0.894. The molecule has 6 heteroatoms. The fourth-order valence-electron chi connectivity index (χ4n) is 2.97. The summed E-state index contributed by atoms with van der Waals surface area (Å²) in [5.74, 6) is 1.79. The molecule has 0 spiro atoms. The van der Waals surface area contributed by atoms with Crippen LogP contribution in [-0.2, 0) is 13.5 Å². The molecular formula is C15H23N5O. The summed E-state index contributed by atoms with van der Waals surface area (Å²) in [6.45, 7) is 3.75. The van der Waals surface area contributed by atoms with Crippen molar-refractivity contribution in [2.45, 2.75) is 38.7 Å². The molecule has 0 aromatic carbocycles. The molecule has 1 saturated heterocycles. The lowest BCUT2D eigenvalue weighted by Gasteiger charge is -2.31. The summed E-state index contributed by atoms with van der Waals surface area (Å²) in [7, 11) is 1.96. The Hall–Kier alpha value is -1.82. The van der Waals surface area contributed by atoms with Gasteiger partial charge in [-0.15, -0.1) is 0 Å². The molecule has 3 rings (SSSR count). The van der Waals surface area contributed by atoms with Crippen LogP contribution in [0.3, 0.4) is 0 Å². The highest BCUT2D eigenvalue weighted by atomic mass is 16.3. The molecule has 2 aromatic rings. The van der Waals surface area contributed by atoms with Gasteiger partial charge in [0.15, 0.2) is 0 Å². The van der Waals surface area contributed by atoms with Crippen molar-refractivity contribution in [3.63, 3.8) is 0 Å². The second-order valence-corrected chi connectivity index (χ2v) is 5.83. The van der Waals surface area contributed by atoms with Crippen molar-refractivity contribution >= 4 is 22.5 Å². The van der Waals surface area contributed by atoms with Crippen molar-refractivity contribution in [1.29, 1.82) is 0 Å². The number of nitrogens with zero attached hydrogens (tertiary/aromatic N) is 4. The van der Waals surface area contributed by atoms with E-state index in [-0.39, 0.29) is 6.10 Å². The van der Waals surface area contributed by atoms with Crippen LogP contribution in [-0.4, -0.2) is 38.8 Å². The maximum absolute atomic E-state index is 9.70. The van der Waals surface area contributed by atoms with Gasteiger partial charge >= 0.3 is 0 Å². The monoisotopic (exact) mass is 289 g/mol. The first-order valence-electron chi connectivity index (χ1n) is 7.64. The van der Waals surface area contributed by atoms with E-state index in [9.17, 15) is 5.11 Å². The Morgan fingerprint density at radius 1 is 1.33 bits per heavy atom. The first-order valence-corrected chi connectivity index (χ1v) is 7.64. The summed E-state index contributed by atoms with van der Waals surface area (Å²) in [5.41, 5.74) is 7.77. The molecule has 0 radical (unpaired) electrons. The zero-order chi connectivity index (χ0) is 15.0. The van der Waals surface area contributed by atoms with Crippen molar-refractivity contribution in [2.75, 3.05) is 23.7 Å². The Labute approximate surface area is 124 Å². The number of aromatic nitrogens is 3. The minimum absolute atomic E-state index is 0.193. The van der Waals surface area contributed by atoms with Gasteiger partial charge in [0.1, 0.15) is 17.3 Å². The number of rotatable bonds is 3. The minimum Gasteiger partial charge on any atom is -0.397 e. The third-order valence-electron chi connectivity index (χ3n) is 4.11. The molecule has 114 valence electrons. The number of hydrogen-bond donors (Lipinski definition) is 2. The molecule has 1 fully saturated rings. The van der Waals surface area contributed by atoms with Crippen molar-refractivity contribution in [3.8, 4) is 0 Å². The van der Waals surface area contributed by atoms with Crippen molar-refractivity contribution in [2.24, 2.45) is 7.05 Å². The molecule has 0 amide bonds. The van der Waals surface area contributed by atoms with Crippen molar-refractivity contribution < 1.29 is 5.11 Å². The van der Waals surface area contributed by atoms with Crippen LogP contribution in [0.1, 0.15) is 32.0 Å². The summed E-state index contributed by atoms with van der Waals surface area (Å²) in [6, 6.07) is 0. The van der Waals surface area contributed by atoms with Crippen LogP contribution < -0.4 is 10.6 Å². The van der Waals surface area contributed by atoms with Crippen molar-refractivity contribution in [1.82, 2.24) is 14.5 Å². The Kier molecular flexibility index (Phi) is 3.71. The number of aliphatic hydroxyl groups is 1. The standard InChI is InChI=1S/C15H23N5O/c1-3-4-12-17-14-13(11(16)9-19(14)2)15(18-12)20-7-5-10(21)6-8-20/h9-10,21H,3-8,16H2,1-2H3. The molecule has 1 aliphatic heterocycles. The van der Waals surface area contributed by atoms with Gasteiger partial charge in [-0.05, 0) is 19.3 Å². The summed E-state index contributed by atoms with van der Waals surface area (Å²) < 4.78 is 1.97. The van der Waals surface area contributed by atoms with Crippen LogP contribution in [0.5, 0.6) is 0 Å². The van der Waals surface area contributed by atoms with E-state index in [1.807, 2.05) is 17.8 Å². The van der Waals surface area contributed by atoms with Gasteiger partial charge in [-0.25, -0.2) is 9.97 Å². The zero-order valence-electron chi connectivity index (χ0n) is 12.7. The molecule has 0 aliphatic carbocycles. The van der Waals surface area contributed by atoms with E-state index in [2.05, 4.69) is 16.8 Å². The third kappa shape index (κ3) is 2.55. The third-order valence-corrected chi connectivity index (χ3v) is 4.11. The molecule has 3 N–H and O–H groups in total. The summed E-state index contributed by atoms with van der Waals surface area (Å²) in [4.78, 5) is 11.6. The fraction of sp³-hybridized carbons (Fsp3) is 0.600. The number of aryl methyl sites for hydroxylation is 2. The molecule has 6 nitrogen and oxygen atoms in total. The minimum atomic E-state index is -0.193. The van der Waals surface area contributed by atoms with E-state index in [1.54, 1.807) is 0 Å². The highest BCUT2D eigenvalue weighted by Crippen LogP contribution is 2.32. The van der Waals surface area contributed by atoms with Gasteiger partial charge in [-0.1, -0.05) is 6.92 Å². The average Bonchev–Trinajstić information content (AvgIpc) is 2.75. The van der Waals surface area contributed by atoms with Crippen LogP contribution in [0.2, 0.25) is 0 Å². The van der Waals surface area contributed by atoms with E-state index in [4.69, 9.17) is 10.7 Å². The highest BCUT2D eigenvalue weighted by Gasteiger charge is 2.23. The highest BCUT2D eigenvalue weighted by molar-refractivity contribution is 5.98. The number of anilines is 2. The smallest absolute Gasteiger partial charge is 0.147 e.